The van der Waals surface area contributed by atoms with Crippen LogP contribution in [0, 0.1) is 0 Å². The lowest BCUT2D eigenvalue weighted by atomic mass is 10.2. The van der Waals surface area contributed by atoms with E-state index in [1.807, 2.05) is 18.2 Å². The average molecular weight is 396 g/mol. The summed E-state index contributed by atoms with van der Waals surface area (Å²) in [4.78, 5) is 34.8. The van der Waals surface area contributed by atoms with E-state index < -0.39 is 11.7 Å². The van der Waals surface area contributed by atoms with Crippen LogP contribution in [0.3, 0.4) is 0 Å². The number of hydrogen-bond donors (Lipinski definition) is 3. The molecule has 3 N–H and O–H groups in total. The molecule has 0 heterocycles. The van der Waals surface area contributed by atoms with Crippen LogP contribution in [0.25, 0.3) is 6.08 Å². The number of alkyl carbamates (subject to hydrolysis) is 1. The maximum absolute atomic E-state index is 11.7. The van der Waals surface area contributed by atoms with E-state index >= 15 is 0 Å². The van der Waals surface area contributed by atoms with Gasteiger partial charge in [-0.25, -0.2) is 4.79 Å². The topological polar surface area (TPSA) is 96.5 Å². The molecule has 1 aromatic carbocycles. The van der Waals surface area contributed by atoms with Gasteiger partial charge in [0.15, 0.2) is 0 Å². The fourth-order valence-electron chi connectivity index (χ4n) is 1.89. The maximum Gasteiger partial charge on any atom is 0.408 e. The van der Waals surface area contributed by atoms with Crippen molar-refractivity contribution in [3.05, 3.63) is 40.9 Å². The Morgan fingerprint density at radius 1 is 1.07 bits per heavy atom. The molecule has 0 bridgehead atoms. The average Bonchev–Trinajstić information content (AvgIpc) is 2.57. The van der Waals surface area contributed by atoms with Gasteiger partial charge in [0.05, 0.1) is 6.54 Å². The van der Waals surface area contributed by atoms with E-state index in [4.69, 9.17) is 16.3 Å². The van der Waals surface area contributed by atoms with E-state index in [2.05, 4.69) is 16.0 Å². The SMILES string of the molecule is CC(C)(C)OC(=O)NCC(=O)NCCCNC(=O)/C=C/c1ccccc1Cl. The summed E-state index contributed by atoms with van der Waals surface area (Å²) in [5, 5.41) is 8.30. The molecule has 0 fully saturated rings. The van der Waals surface area contributed by atoms with Crippen LogP contribution in [0.15, 0.2) is 30.3 Å². The van der Waals surface area contributed by atoms with Crippen molar-refractivity contribution in [3.8, 4) is 0 Å². The third-order valence-electron chi connectivity index (χ3n) is 3.09. The predicted octanol–water partition coefficient (Wildman–Crippen LogP) is 2.50. The zero-order valence-electron chi connectivity index (χ0n) is 15.8. The summed E-state index contributed by atoms with van der Waals surface area (Å²) >= 11 is 6.00. The molecule has 3 amide bonds. The zero-order valence-corrected chi connectivity index (χ0v) is 16.6. The molecule has 0 atom stereocenters. The van der Waals surface area contributed by atoms with E-state index in [1.54, 1.807) is 32.9 Å². The summed E-state index contributed by atoms with van der Waals surface area (Å²) in [7, 11) is 0. The van der Waals surface area contributed by atoms with Crippen LogP contribution >= 0.6 is 11.6 Å². The Morgan fingerprint density at radius 2 is 1.74 bits per heavy atom. The highest BCUT2D eigenvalue weighted by Gasteiger charge is 2.16. The molecule has 0 saturated carbocycles. The van der Waals surface area contributed by atoms with Gasteiger partial charge in [0.25, 0.3) is 0 Å². The molecular weight excluding hydrogens is 370 g/mol. The van der Waals surface area contributed by atoms with Gasteiger partial charge >= 0.3 is 6.09 Å². The fourth-order valence-corrected chi connectivity index (χ4v) is 2.09. The van der Waals surface area contributed by atoms with Crippen molar-refractivity contribution >= 4 is 35.6 Å². The van der Waals surface area contributed by atoms with Gasteiger partial charge in [0, 0.05) is 24.2 Å². The first kappa shape index (κ1) is 22.5. The standard InChI is InChI=1S/C19H26ClN3O4/c1-19(2,3)27-18(26)23-13-17(25)22-12-6-11-21-16(24)10-9-14-7-4-5-8-15(14)20/h4-5,7-10H,6,11-13H2,1-3H3,(H,21,24)(H,22,25)(H,23,26)/b10-9+. The molecule has 0 spiro atoms. The minimum Gasteiger partial charge on any atom is -0.444 e. The third kappa shape index (κ3) is 10.9. The predicted molar refractivity (Wildman–Crippen MR) is 105 cm³/mol. The van der Waals surface area contributed by atoms with Crippen LogP contribution in [0.4, 0.5) is 4.79 Å². The van der Waals surface area contributed by atoms with Crippen molar-refractivity contribution in [3.63, 3.8) is 0 Å². The van der Waals surface area contributed by atoms with Gasteiger partial charge in [0.1, 0.15) is 5.60 Å². The summed E-state index contributed by atoms with van der Waals surface area (Å²) in [5.74, 6) is -0.571. The highest BCUT2D eigenvalue weighted by Crippen LogP contribution is 2.15. The van der Waals surface area contributed by atoms with Crippen molar-refractivity contribution in [2.45, 2.75) is 32.8 Å². The van der Waals surface area contributed by atoms with E-state index in [0.29, 0.717) is 24.5 Å². The normalized spacial score (nSPS) is 11.1. The fraction of sp³-hybridized carbons (Fsp3) is 0.421. The molecule has 8 heteroatoms. The van der Waals surface area contributed by atoms with Gasteiger partial charge in [-0.3, -0.25) is 9.59 Å². The first-order valence-electron chi connectivity index (χ1n) is 8.61. The molecule has 148 valence electrons. The Morgan fingerprint density at radius 3 is 2.41 bits per heavy atom. The second kappa shape index (κ2) is 11.2. The summed E-state index contributed by atoms with van der Waals surface area (Å²) in [6, 6.07) is 7.22. The van der Waals surface area contributed by atoms with E-state index in [0.717, 1.165) is 5.56 Å². The maximum atomic E-state index is 11.7. The number of hydrogen-bond acceptors (Lipinski definition) is 4. The van der Waals surface area contributed by atoms with Crippen molar-refractivity contribution in [2.75, 3.05) is 19.6 Å². The number of carbonyl (C=O) groups excluding carboxylic acids is 3. The second-order valence-corrected chi connectivity index (χ2v) is 7.11. The van der Waals surface area contributed by atoms with Crippen molar-refractivity contribution in [1.29, 1.82) is 0 Å². The summed E-state index contributed by atoms with van der Waals surface area (Å²) in [6.07, 6.45) is 2.96. The Labute approximate surface area is 164 Å². The van der Waals surface area contributed by atoms with Crippen LogP contribution < -0.4 is 16.0 Å². The van der Waals surface area contributed by atoms with Gasteiger partial charge in [0.2, 0.25) is 11.8 Å². The van der Waals surface area contributed by atoms with Gasteiger partial charge in [-0.15, -0.1) is 0 Å². The highest BCUT2D eigenvalue weighted by atomic mass is 35.5. The summed E-state index contributed by atoms with van der Waals surface area (Å²) < 4.78 is 5.03. The Hall–Kier alpha value is -2.54. The molecule has 0 saturated heterocycles. The van der Waals surface area contributed by atoms with Gasteiger partial charge in [-0.2, -0.15) is 0 Å². The lowest BCUT2D eigenvalue weighted by Crippen LogP contribution is -2.40. The quantitative estimate of drug-likeness (QED) is 0.465. The van der Waals surface area contributed by atoms with Gasteiger partial charge < -0.3 is 20.7 Å². The molecule has 0 aliphatic rings. The number of carbonyl (C=O) groups is 3. The number of nitrogens with one attached hydrogen (secondary N) is 3. The molecular formula is C19H26ClN3O4. The molecule has 0 aliphatic heterocycles. The number of ether oxygens (including phenoxy) is 1. The van der Waals surface area contributed by atoms with E-state index in [-0.39, 0.29) is 18.4 Å². The zero-order chi connectivity index (χ0) is 20.3. The molecule has 1 rings (SSSR count). The number of rotatable bonds is 8. The van der Waals surface area contributed by atoms with E-state index in [9.17, 15) is 14.4 Å². The van der Waals surface area contributed by atoms with Crippen LogP contribution in [-0.4, -0.2) is 43.1 Å². The monoisotopic (exact) mass is 395 g/mol. The second-order valence-electron chi connectivity index (χ2n) is 6.70. The molecule has 0 aliphatic carbocycles. The van der Waals surface area contributed by atoms with Crippen molar-refractivity contribution in [2.24, 2.45) is 0 Å². The van der Waals surface area contributed by atoms with E-state index in [1.165, 1.54) is 6.08 Å². The van der Waals surface area contributed by atoms with Gasteiger partial charge in [-0.1, -0.05) is 29.8 Å². The molecule has 1 aromatic rings. The molecule has 0 unspecified atom stereocenters. The number of benzene rings is 1. The smallest absolute Gasteiger partial charge is 0.408 e. The lowest BCUT2D eigenvalue weighted by molar-refractivity contribution is -0.120. The number of halogens is 1. The Bertz CT molecular complexity index is 684. The summed E-state index contributed by atoms with van der Waals surface area (Å²) in [6.45, 7) is 5.84. The minimum absolute atomic E-state index is 0.165. The first-order chi connectivity index (χ1) is 12.7. The minimum atomic E-state index is -0.643. The van der Waals surface area contributed by atoms with Gasteiger partial charge in [-0.05, 0) is 44.9 Å². The first-order valence-corrected chi connectivity index (χ1v) is 8.99. The Balaban J connectivity index is 2.14. The largest absolute Gasteiger partial charge is 0.444 e. The molecule has 0 aromatic heterocycles. The molecule has 27 heavy (non-hydrogen) atoms. The molecule has 7 nitrogen and oxygen atoms in total. The van der Waals surface area contributed by atoms with Crippen molar-refractivity contribution < 1.29 is 19.1 Å². The van der Waals surface area contributed by atoms with Crippen LogP contribution in [0.2, 0.25) is 5.02 Å². The number of amides is 3. The third-order valence-corrected chi connectivity index (χ3v) is 3.43. The Kier molecular flexibility index (Phi) is 9.36. The lowest BCUT2D eigenvalue weighted by Gasteiger charge is -2.19. The van der Waals surface area contributed by atoms with Crippen LogP contribution in [0.1, 0.15) is 32.8 Å². The molecule has 0 radical (unpaired) electrons. The van der Waals surface area contributed by atoms with Crippen LogP contribution in [0.5, 0.6) is 0 Å². The highest BCUT2D eigenvalue weighted by molar-refractivity contribution is 6.32. The van der Waals surface area contributed by atoms with Crippen molar-refractivity contribution in [1.82, 2.24) is 16.0 Å². The van der Waals surface area contributed by atoms with Crippen LogP contribution in [-0.2, 0) is 14.3 Å². The summed E-state index contributed by atoms with van der Waals surface area (Å²) in [5.41, 5.74) is 0.151.